The standard InChI is InChI=1S/C12H16FNO.H2O/c13-11-3-1-9(2-4-11)12-5-6-14-7-10(12)8-15;/h1-4,10,12,14-15H,5-8H2;1H2. The zero-order chi connectivity index (χ0) is 10.7. The number of benzene rings is 1. The van der Waals surface area contributed by atoms with Crippen LogP contribution in [0.2, 0.25) is 0 Å². The lowest BCUT2D eigenvalue weighted by Gasteiger charge is -2.31. The Bertz CT molecular complexity index is 315. The van der Waals surface area contributed by atoms with Crippen LogP contribution in [-0.4, -0.2) is 30.3 Å². The number of aliphatic hydroxyl groups is 1. The van der Waals surface area contributed by atoms with Gasteiger partial charge in [-0.1, -0.05) is 12.1 Å². The Morgan fingerprint density at radius 2 is 2.00 bits per heavy atom. The Kier molecular flexibility index (Phi) is 4.86. The fourth-order valence-corrected chi connectivity index (χ4v) is 2.26. The summed E-state index contributed by atoms with van der Waals surface area (Å²) in [7, 11) is 0. The monoisotopic (exact) mass is 227 g/mol. The number of halogens is 1. The Morgan fingerprint density at radius 3 is 2.62 bits per heavy atom. The van der Waals surface area contributed by atoms with Gasteiger partial charge in [-0.25, -0.2) is 4.39 Å². The fourth-order valence-electron chi connectivity index (χ4n) is 2.26. The molecule has 0 amide bonds. The van der Waals surface area contributed by atoms with Gasteiger partial charge < -0.3 is 15.9 Å². The van der Waals surface area contributed by atoms with Crippen molar-refractivity contribution in [2.45, 2.75) is 12.3 Å². The average molecular weight is 227 g/mol. The van der Waals surface area contributed by atoms with Crippen LogP contribution in [0, 0.1) is 11.7 Å². The summed E-state index contributed by atoms with van der Waals surface area (Å²) >= 11 is 0. The minimum absolute atomic E-state index is 0. The van der Waals surface area contributed by atoms with Crippen LogP contribution < -0.4 is 5.32 Å². The summed E-state index contributed by atoms with van der Waals surface area (Å²) in [6, 6.07) is 6.64. The molecule has 1 fully saturated rings. The van der Waals surface area contributed by atoms with E-state index in [-0.39, 0.29) is 23.8 Å². The van der Waals surface area contributed by atoms with E-state index in [4.69, 9.17) is 0 Å². The maximum absolute atomic E-state index is 12.8. The van der Waals surface area contributed by atoms with Crippen molar-refractivity contribution in [2.75, 3.05) is 19.7 Å². The third-order valence-electron chi connectivity index (χ3n) is 3.14. The summed E-state index contributed by atoms with van der Waals surface area (Å²) in [6.45, 7) is 2.01. The van der Waals surface area contributed by atoms with Gasteiger partial charge in [0.15, 0.2) is 0 Å². The van der Waals surface area contributed by atoms with Crippen LogP contribution in [0.1, 0.15) is 17.9 Å². The van der Waals surface area contributed by atoms with Gasteiger partial charge in [-0.2, -0.15) is 0 Å². The highest BCUT2D eigenvalue weighted by Gasteiger charge is 2.25. The first-order valence-electron chi connectivity index (χ1n) is 5.38. The van der Waals surface area contributed by atoms with E-state index < -0.39 is 0 Å². The average Bonchev–Trinajstić information content (AvgIpc) is 2.30. The Labute approximate surface area is 94.6 Å². The van der Waals surface area contributed by atoms with Crippen LogP contribution in [0.15, 0.2) is 24.3 Å². The molecule has 2 rings (SSSR count). The Hall–Kier alpha value is -0.970. The van der Waals surface area contributed by atoms with Gasteiger partial charge in [-0.3, -0.25) is 0 Å². The lowest BCUT2D eigenvalue weighted by Crippen LogP contribution is -2.37. The van der Waals surface area contributed by atoms with Gasteiger partial charge in [0.1, 0.15) is 5.82 Å². The molecule has 3 nitrogen and oxygen atoms in total. The molecule has 4 N–H and O–H groups in total. The van der Waals surface area contributed by atoms with Crippen molar-refractivity contribution in [3.05, 3.63) is 35.6 Å². The van der Waals surface area contributed by atoms with Gasteiger partial charge in [0.2, 0.25) is 0 Å². The summed E-state index contributed by atoms with van der Waals surface area (Å²) in [5.41, 5.74) is 1.14. The van der Waals surface area contributed by atoms with Gasteiger partial charge in [-0.05, 0) is 36.6 Å². The lowest BCUT2D eigenvalue weighted by molar-refractivity contribution is 0.179. The molecular formula is C12H18FNO2. The summed E-state index contributed by atoms with van der Waals surface area (Å²) in [5, 5.41) is 12.5. The second-order valence-electron chi connectivity index (χ2n) is 4.09. The third-order valence-corrected chi connectivity index (χ3v) is 3.14. The third kappa shape index (κ3) is 2.78. The SMILES string of the molecule is O.OCC1CNCCC1c1ccc(F)cc1. The zero-order valence-corrected chi connectivity index (χ0v) is 9.12. The number of aliphatic hydroxyl groups excluding tert-OH is 1. The molecule has 0 bridgehead atoms. The van der Waals surface area contributed by atoms with E-state index in [9.17, 15) is 9.50 Å². The first-order valence-corrected chi connectivity index (χ1v) is 5.38. The summed E-state index contributed by atoms with van der Waals surface area (Å²) in [4.78, 5) is 0. The highest BCUT2D eigenvalue weighted by molar-refractivity contribution is 5.22. The van der Waals surface area contributed by atoms with E-state index in [1.54, 1.807) is 0 Å². The van der Waals surface area contributed by atoms with Crippen molar-refractivity contribution in [2.24, 2.45) is 5.92 Å². The van der Waals surface area contributed by atoms with Crippen molar-refractivity contribution in [3.63, 3.8) is 0 Å². The van der Waals surface area contributed by atoms with E-state index in [1.807, 2.05) is 12.1 Å². The molecule has 1 heterocycles. The highest BCUT2D eigenvalue weighted by Crippen LogP contribution is 2.29. The lowest BCUT2D eigenvalue weighted by atomic mass is 9.82. The number of nitrogens with one attached hydrogen (secondary N) is 1. The van der Waals surface area contributed by atoms with Crippen LogP contribution in [0.4, 0.5) is 4.39 Å². The van der Waals surface area contributed by atoms with Gasteiger partial charge in [0.25, 0.3) is 0 Å². The second-order valence-corrected chi connectivity index (χ2v) is 4.09. The summed E-state index contributed by atoms with van der Waals surface area (Å²) in [6.07, 6.45) is 1.01. The molecule has 1 aromatic carbocycles. The molecule has 0 saturated carbocycles. The first kappa shape index (κ1) is 13.1. The minimum Gasteiger partial charge on any atom is -0.412 e. The summed E-state index contributed by atoms with van der Waals surface area (Å²) in [5.74, 6) is 0.411. The largest absolute Gasteiger partial charge is 0.412 e. The van der Waals surface area contributed by atoms with E-state index in [2.05, 4.69) is 5.32 Å². The van der Waals surface area contributed by atoms with Crippen LogP contribution in [-0.2, 0) is 0 Å². The van der Waals surface area contributed by atoms with Crippen molar-refractivity contribution in [1.82, 2.24) is 5.32 Å². The van der Waals surface area contributed by atoms with E-state index >= 15 is 0 Å². The van der Waals surface area contributed by atoms with Crippen molar-refractivity contribution < 1.29 is 15.0 Å². The van der Waals surface area contributed by atoms with Crippen molar-refractivity contribution in [3.8, 4) is 0 Å². The predicted octanol–water partition coefficient (Wildman–Crippen LogP) is 0.686. The second kappa shape index (κ2) is 5.94. The molecule has 1 saturated heterocycles. The van der Waals surface area contributed by atoms with Gasteiger partial charge >= 0.3 is 0 Å². The maximum Gasteiger partial charge on any atom is 0.123 e. The molecular weight excluding hydrogens is 209 g/mol. The molecule has 0 spiro atoms. The predicted molar refractivity (Wildman–Crippen MR) is 60.8 cm³/mol. The van der Waals surface area contributed by atoms with E-state index in [1.165, 1.54) is 12.1 Å². The van der Waals surface area contributed by atoms with Gasteiger partial charge in [0, 0.05) is 19.1 Å². The maximum atomic E-state index is 12.8. The minimum atomic E-state index is -0.201. The molecule has 2 unspecified atom stereocenters. The number of rotatable bonds is 2. The number of piperidine rings is 1. The molecule has 0 aromatic heterocycles. The fraction of sp³-hybridized carbons (Fsp3) is 0.500. The van der Waals surface area contributed by atoms with Crippen LogP contribution in [0.3, 0.4) is 0 Å². The van der Waals surface area contributed by atoms with Crippen molar-refractivity contribution in [1.29, 1.82) is 0 Å². The zero-order valence-electron chi connectivity index (χ0n) is 9.12. The summed E-state index contributed by atoms with van der Waals surface area (Å²) < 4.78 is 12.8. The first-order chi connectivity index (χ1) is 7.31. The van der Waals surface area contributed by atoms with Gasteiger partial charge in [-0.15, -0.1) is 0 Å². The quantitative estimate of drug-likeness (QED) is 0.780. The molecule has 0 aliphatic carbocycles. The van der Waals surface area contributed by atoms with Crippen LogP contribution in [0.5, 0.6) is 0 Å². The van der Waals surface area contributed by atoms with Gasteiger partial charge in [0.05, 0.1) is 0 Å². The van der Waals surface area contributed by atoms with Crippen LogP contribution >= 0.6 is 0 Å². The molecule has 0 radical (unpaired) electrons. The molecule has 2 atom stereocenters. The smallest absolute Gasteiger partial charge is 0.123 e. The molecule has 90 valence electrons. The normalized spacial score (nSPS) is 24.9. The van der Waals surface area contributed by atoms with Crippen molar-refractivity contribution >= 4 is 0 Å². The van der Waals surface area contributed by atoms with E-state index in [0.717, 1.165) is 25.1 Å². The Balaban J connectivity index is 0.00000128. The molecule has 16 heavy (non-hydrogen) atoms. The Morgan fingerprint density at radius 1 is 1.31 bits per heavy atom. The molecule has 1 aliphatic heterocycles. The molecule has 1 aliphatic rings. The number of hydrogen-bond donors (Lipinski definition) is 2. The molecule has 1 aromatic rings. The van der Waals surface area contributed by atoms with Crippen LogP contribution in [0.25, 0.3) is 0 Å². The topological polar surface area (TPSA) is 63.8 Å². The number of hydrogen-bond acceptors (Lipinski definition) is 2. The van der Waals surface area contributed by atoms with E-state index in [0.29, 0.717) is 5.92 Å². The highest BCUT2D eigenvalue weighted by atomic mass is 19.1. The molecule has 4 heteroatoms.